The summed E-state index contributed by atoms with van der Waals surface area (Å²) in [6.45, 7) is 2.50. The van der Waals surface area contributed by atoms with Crippen LogP contribution < -0.4 is 9.64 Å². The first-order valence-electron chi connectivity index (χ1n) is 11.6. The van der Waals surface area contributed by atoms with Crippen LogP contribution in [0, 0.1) is 10.1 Å². The second kappa shape index (κ2) is 10.2. The summed E-state index contributed by atoms with van der Waals surface area (Å²) in [5, 5.41) is 23.5. The van der Waals surface area contributed by atoms with Crippen LogP contribution in [-0.4, -0.2) is 33.3 Å². The Hall–Kier alpha value is -4.28. The highest BCUT2D eigenvalue weighted by Crippen LogP contribution is 2.45. The molecule has 1 aliphatic heterocycles. The van der Waals surface area contributed by atoms with Gasteiger partial charge in [0.05, 0.1) is 33.4 Å². The number of nitrogens with zero attached hydrogens (tertiary/aromatic N) is 3. The van der Waals surface area contributed by atoms with Gasteiger partial charge in [-0.25, -0.2) is 4.98 Å². The van der Waals surface area contributed by atoms with Crippen molar-refractivity contribution in [2.45, 2.75) is 19.4 Å². The van der Waals surface area contributed by atoms with E-state index in [2.05, 4.69) is 4.98 Å². The monoisotopic (exact) mass is 549 g/mol. The van der Waals surface area contributed by atoms with Crippen LogP contribution in [0.15, 0.2) is 72.3 Å². The molecule has 3 aromatic carbocycles. The number of ketones is 1. The third kappa shape index (κ3) is 4.59. The molecule has 1 unspecified atom stereocenters. The molecule has 0 aliphatic carbocycles. The number of non-ortho nitro benzene ring substituents is 1. The molecule has 1 saturated heterocycles. The van der Waals surface area contributed by atoms with Crippen LogP contribution >= 0.6 is 22.9 Å². The molecular weight excluding hydrogens is 530 g/mol. The van der Waals surface area contributed by atoms with Gasteiger partial charge < -0.3 is 9.84 Å². The van der Waals surface area contributed by atoms with Gasteiger partial charge in [-0.05, 0) is 54.4 Å². The molecule has 0 radical (unpaired) electrons. The molecule has 0 spiro atoms. The molecule has 0 bridgehead atoms. The highest BCUT2D eigenvalue weighted by molar-refractivity contribution is 7.22. The van der Waals surface area contributed by atoms with Crippen molar-refractivity contribution in [2.75, 3.05) is 11.5 Å². The van der Waals surface area contributed by atoms with E-state index in [1.807, 2.05) is 6.92 Å². The van der Waals surface area contributed by atoms with E-state index in [0.717, 1.165) is 17.8 Å². The van der Waals surface area contributed by atoms with Gasteiger partial charge >= 0.3 is 5.91 Å². The van der Waals surface area contributed by atoms with Crippen molar-refractivity contribution >= 4 is 61.4 Å². The average molecular weight is 550 g/mol. The first kappa shape index (κ1) is 25.4. The summed E-state index contributed by atoms with van der Waals surface area (Å²) in [4.78, 5) is 43.4. The smallest absolute Gasteiger partial charge is 0.301 e. The van der Waals surface area contributed by atoms with Gasteiger partial charge in [0.25, 0.3) is 11.5 Å². The standard InChI is InChI=1S/C27H20ClN3O6S/c1-2-12-37-19-9-6-15(7-10-19)24(32)22-23(16-4-3-5-18(13-16)31(35)36)30(26(34)25(22)33)27-29-20-11-8-17(28)14-21(20)38-27/h3-11,13-14,23,32H,2,12H2,1H3. The number of benzene rings is 3. The van der Waals surface area contributed by atoms with Crippen molar-refractivity contribution in [1.82, 2.24) is 4.98 Å². The van der Waals surface area contributed by atoms with Crippen LogP contribution in [-0.2, 0) is 9.59 Å². The number of amides is 1. The molecular formula is C27H20ClN3O6S. The fraction of sp³-hybridized carbons (Fsp3) is 0.148. The van der Waals surface area contributed by atoms with Crippen molar-refractivity contribution in [3.8, 4) is 5.75 Å². The Bertz CT molecular complexity index is 1610. The first-order valence-corrected chi connectivity index (χ1v) is 12.8. The predicted octanol–water partition coefficient (Wildman–Crippen LogP) is 6.27. The lowest BCUT2D eigenvalue weighted by molar-refractivity contribution is -0.384. The van der Waals surface area contributed by atoms with Crippen molar-refractivity contribution < 1.29 is 24.4 Å². The molecule has 4 aromatic rings. The summed E-state index contributed by atoms with van der Waals surface area (Å²) in [7, 11) is 0. The van der Waals surface area contributed by atoms with Gasteiger partial charge in [-0.2, -0.15) is 0 Å². The molecule has 9 nitrogen and oxygen atoms in total. The zero-order valence-electron chi connectivity index (χ0n) is 20.0. The fourth-order valence-electron chi connectivity index (χ4n) is 4.23. The maximum absolute atomic E-state index is 13.4. The van der Waals surface area contributed by atoms with E-state index in [0.29, 0.717) is 33.2 Å². The zero-order valence-corrected chi connectivity index (χ0v) is 21.5. The van der Waals surface area contributed by atoms with Crippen LogP contribution in [0.5, 0.6) is 5.75 Å². The molecule has 1 N–H and O–H groups in total. The van der Waals surface area contributed by atoms with Crippen LogP contribution in [0.1, 0.15) is 30.5 Å². The number of aromatic nitrogens is 1. The average Bonchev–Trinajstić information content (AvgIpc) is 3.45. The van der Waals surface area contributed by atoms with Crippen molar-refractivity contribution in [3.63, 3.8) is 0 Å². The molecule has 5 rings (SSSR count). The van der Waals surface area contributed by atoms with Crippen LogP contribution in [0.25, 0.3) is 16.0 Å². The summed E-state index contributed by atoms with van der Waals surface area (Å²) < 4.78 is 6.27. The maximum Gasteiger partial charge on any atom is 0.301 e. The number of aliphatic hydroxyl groups is 1. The number of hydrogen-bond donors (Lipinski definition) is 1. The van der Waals surface area contributed by atoms with Gasteiger partial charge in [-0.15, -0.1) is 0 Å². The molecule has 1 fully saturated rings. The number of nitro groups is 1. The molecule has 11 heteroatoms. The summed E-state index contributed by atoms with van der Waals surface area (Å²) in [6, 6.07) is 16.0. The number of carbonyl (C=O) groups is 2. The molecule has 0 saturated carbocycles. The normalized spacial score (nSPS) is 16.8. The molecule has 192 valence electrons. The third-order valence-corrected chi connectivity index (χ3v) is 7.24. The summed E-state index contributed by atoms with van der Waals surface area (Å²) >= 11 is 7.26. The van der Waals surface area contributed by atoms with Crippen molar-refractivity contribution in [3.05, 3.63) is 98.6 Å². The van der Waals surface area contributed by atoms with E-state index >= 15 is 0 Å². The summed E-state index contributed by atoms with van der Waals surface area (Å²) in [5.41, 5.74) is 0.715. The quantitative estimate of drug-likeness (QED) is 0.0946. The maximum atomic E-state index is 13.4. The Labute approximate surface area is 225 Å². The molecule has 38 heavy (non-hydrogen) atoms. The minimum absolute atomic E-state index is 0.197. The topological polar surface area (TPSA) is 123 Å². The van der Waals surface area contributed by atoms with E-state index in [1.165, 1.54) is 23.1 Å². The van der Waals surface area contributed by atoms with Crippen LogP contribution in [0.2, 0.25) is 5.02 Å². The number of Topliss-reactive ketones (excluding diaryl/α,β-unsaturated/α-hetero) is 1. The number of ether oxygens (including phenoxy) is 1. The minimum Gasteiger partial charge on any atom is -0.507 e. The Morgan fingerprint density at radius 1 is 1.16 bits per heavy atom. The van der Waals surface area contributed by atoms with Gasteiger partial charge in [0, 0.05) is 22.7 Å². The first-order chi connectivity index (χ1) is 18.3. The van der Waals surface area contributed by atoms with E-state index in [1.54, 1.807) is 48.5 Å². The van der Waals surface area contributed by atoms with Gasteiger partial charge in [0.15, 0.2) is 5.13 Å². The van der Waals surface area contributed by atoms with E-state index < -0.39 is 28.4 Å². The highest BCUT2D eigenvalue weighted by Gasteiger charge is 2.48. The summed E-state index contributed by atoms with van der Waals surface area (Å²) in [5.74, 6) is -1.65. The molecule has 2 heterocycles. The van der Waals surface area contributed by atoms with Crippen LogP contribution in [0.3, 0.4) is 0 Å². The number of rotatable bonds is 7. The summed E-state index contributed by atoms with van der Waals surface area (Å²) in [6.07, 6.45) is 0.826. The second-order valence-corrected chi connectivity index (χ2v) is 9.95. The number of fused-ring (bicyclic) bond motifs is 1. The second-order valence-electron chi connectivity index (χ2n) is 8.50. The number of aliphatic hydroxyl groups excluding tert-OH is 1. The Kier molecular flexibility index (Phi) is 6.83. The number of nitro benzene ring substituents is 1. The Balaban J connectivity index is 1.68. The van der Waals surface area contributed by atoms with Crippen molar-refractivity contribution in [2.24, 2.45) is 0 Å². The number of anilines is 1. The Morgan fingerprint density at radius 2 is 1.92 bits per heavy atom. The number of thiazole rings is 1. The highest BCUT2D eigenvalue weighted by atomic mass is 35.5. The van der Waals surface area contributed by atoms with Gasteiger partial charge in [-0.1, -0.05) is 42.0 Å². The zero-order chi connectivity index (χ0) is 27.0. The third-order valence-electron chi connectivity index (χ3n) is 5.99. The lowest BCUT2D eigenvalue weighted by atomic mass is 9.95. The van der Waals surface area contributed by atoms with Gasteiger partial charge in [0.1, 0.15) is 11.5 Å². The van der Waals surface area contributed by atoms with E-state index in [-0.39, 0.29) is 22.0 Å². The molecule has 1 aliphatic rings. The van der Waals surface area contributed by atoms with Crippen molar-refractivity contribution in [1.29, 1.82) is 0 Å². The number of hydrogen-bond acceptors (Lipinski definition) is 8. The van der Waals surface area contributed by atoms with Gasteiger partial charge in [0.2, 0.25) is 0 Å². The lowest BCUT2D eigenvalue weighted by Gasteiger charge is -2.22. The van der Waals surface area contributed by atoms with E-state index in [9.17, 15) is 24.8 Å². The molecule has 1 amide bonds. The predicted molar refractivity (Wildman–Crippen MR) is 145 cm³/mol. The lowest BCUT2D eigenvalue weighted by Crippen LogP contribution is -2.29. The number of halogens is 1. The minimum atomic E-state index is -1.15. The van der Waals surface area contributed by atoms with Gasteiger partial charge in [-0.3, -0.25) is 24.6 Å². The SMILES string of the molecule is CCCOc1ccc(C(O)=C2C(=O)C(=O)N(c3nc4ccc(Cl)cc4s3)C2c2cccc([N+](=O)[O-])c2)cc1. The fourth-order valence-corrected chi connectivity index (χ4v) is 5.50. The largest absolute Gasteiger partial charge is 0.507 e. The Morgan fingerprint density at radius 3 is 2.63 bits per heavy atom. The molecule has 1 aromatic heterocycles. The van der Waals surface area contributed by atoms with Crippen LogP contribution in [0.4, 0.5) is 10.8 Å². The molecule has 1 atom stereocenters. The van der Waals surface area contributed by atoms with E-state index in [4.69, 9.17) is 16.3 Å². The number of carbonyl (C=O) groups excluding carboxylic acids is 2.